The molecule has 0 aromatic carbocycles. The van der Waals surface area contributed by atoms with Crippen LogP contribution in [0.5, 0.6) is 0 Å². The molecule has 1 heterocycles. The number of imide groups is 1. The summed E-state index contributed by atoms with van der Waals surface area (Å²) < 4.78 is 0. The average molecular weight is 288 g/mol. The molecule has 0 unspecified atom stereocenters. The molecule has 3 amide bonds. The van der Waals surface area contributed by atoms with E-state index in [1.165, 1.54) is 17.1 Å². The van der Waals surface area contributed by atoms with Gasteiger partial charge in [0.25, 0.3) is 11.8 Å². The molecule has 0 aromatic heterocycles. The van der Waals surface area contributed by atoms with Crippen molar-refractivity contribution in [1.29, 1.82) is 0 Å². The molecule has 0 aromatic rings. The first kappa shape index (κ1) is 16.6. The smallest absolute Gasteiger partial charge is 0.253 e. The van der Waals surface area contributed by atoms with E-state index in [0.29, 0.717) is 19.4 Å². The monoisotopic (exact) mass is 288 g/mol. The Morgan fingerprint density at radius 3 is 2.48 bits per heavy atom. The second-order valence-corrected chi connectivity index (χ2v) is 4.52. The van der Waals surface area contributed by atoms with Gasteiger partial charge in [-0.3, -0.25) is 19.3 Å². The lowest BCUT2D eigenvalue weighted by Crippen LogP contribution is -2.30. The lowest BCUT2D eigenvalue weighted by molar-refractivity contribution is -0.136. The summed E-state index contributed by atoms with van der Waals surface area (Å²) in [6.45, 7) is 3.95. The second kappa shape index (κ2) is 9.47. The summed E-state index contributed by atoms with van der Waals surface area (Å²) in [6, 6.07) is 0. The van der Waals surface area contributed by atoms with Gasteiger partial charge in [0.15, 0.2) is 0 Å². The predicted octanol–water partition coefficient (Wildman–Crippen LogP) is 1.84. The minimum atomic E-state index is -0.254. The quantitative estimate of drug-likeness (QED) is 0.400. The standard InChI is InChI=1S/C16H20N2O3/c1-2-3-4-7-12-17-14(19)9-6-5-8-13-18-15(20)10-11-16(18)21/h2-4,7,10-12H,1,5-6,8-9,13H2,(H,17,19)/b4-3-,12-7+. The molecule has 0 spiro atoms. The van der Waals surface area contributed by atoms with Crippen molar-refractivity contribution in [2.24, 2.45) is 0 Å². The van der Waals surface area contributed by atoms with Gasteiger partial charge in [-0.05, 0) is 18.9 Å². The van der Waals surface area contributed by atoms with Crippen molar-refractivity contribution in [2.45, 2.75) is 25.7 Å². The molecule has 1 aliphatic heterocycles. The van der Waals surface area contributed by atoms with Crippen molar-refractivity contribution in [3.05, 3.63) is 49.2 Å². The van der Waals surface area contributed by atoms with Crippen molar-refractivity contribution in [3.8, 4) is 0 Å². The number of nitrogens with one attached hydrogen (secondary N) is 1. The van der Waals surface area contributed by atoms with Crippen LogP contribution in [0.4, 0.5) is 0 Å². The number of carbonyl (C=O) groups excluding carboxylic acids is 3. The van der Waals surface area contributed by atoms with Gasteiger partial charge in [-0.15, -0.1) is 0 Å². The first-order valence-electron chi connectivity index (χ1n) is 6.92. The topological polar surface area (TPSA) is 66.5 Å². The van der Waals surface area contributed by atoms with Crippen molar-refractivity contribution in [2.75, 3.05) is 6.54 Å². The fraction of sp³-hybridized carbons (Fsp3) is 0.312. The number of hydrogen-bond acceptors (Lipinski definition) is 3. The first-order chi connectivity index (χ1) is 10.1. The number of rotatable bonds is 9. The minimum Gasteiger partial charge on any atom is -0.333 e. The second-order valence-electron chi connectivity index (χ2n) is 4.52. The molecule has 1 aliphatic rings. The molecular formula is C16H20N2O3. The van der Waals surface area contributed by atoms with Crippen molar-refractivity contribution in [1.82, 2.24) is 10.2 Å². The van der Waals surface area contributed by atoms with E-state index in [9.17, 15) is 14.4 Å². The van der Waals surface area contributed by atoms with Crippen molar-refractivity contribution >= 4 is 17.7 Å². The lowest BCUT2D eigenvalue weighted by atomic mass is 10.2. The van der Waals surface area contributed by atoms with E-state index in [0.717, 1.165) is 12.8 Å². The predicted molar refractivity (Wildman–Crippen MR) is 80.9 cm³/mol. The van der Waals surface area contributed by atoms with Crippen molar-refractivity contribution < 1.29 is 14.4 Å². The third kappa shape index (κ3) is 6.51. The molecule has 5 nitrogen and oxygen atoms in total. The number of carbonyl (C=O) groups is 3. The minimum absolute atomic E-state index is 0.0479. The van der Waals surface area contributed by atoms with Gasteiger partial charge in [-0.25, -0.2) is 0 Å². The zero-order valence-electron chi connectivity index (χ0n) is 12.0. The molecule has 0 fully saturated rings. The van der Waals surface area contributed by atoms with Gasteiger partial charge in [0.2, 0.25) is 5.91 Å². The van der Waals surface area contributed by atoms with Crippen LogP contribution in [0.3, 0.4) is 0 Å². The Morgan fingerprint density at radius 1 is 1.10 bits per heavy atom. The summed E-state index contributed by atoms with van der Waals surface area (Å²) in [7, 11) is 0. The highest BCUT2D eigenvalue weighted by molar-refractivity contribution is 6.12. The summed E-state index contributed by atoms with van der Waals surface area (Å²) in [6.07, 6.45) is 13.7. The van der Waals surface area contributed by atoms with Gasteiger partial charge in [0, 0.05) is 31.3 Å². The molecule has 0 atom stereocenters. The molecule has 0 bridgehead atoms. The van der Waals surface area contributed by atoms with Gasteiger partial charge in [0.1, 0.15) is 0 Å². The molecule has 0 saturated carbocycles. The highest BCUT2D eigenvalue weighted by Crippen LogP contribution is 2.07. The van der Waals surface area contributed by atoms with E-state index in [1.54, 1.807) is 30.5 Å². The molecule has 1 rings (SSSR count). The Balaban J connectivity index is 2.06. The Bertz CT molecular complexity index is 472. The van der Waals surface area contributed by atoms with Crippen LogP contribution in [0.15, 0.2) is 49.2 Å². The molecule has 0 saturated heterocycles. The maximum atomic E-state index is 11.5. The summed E-state index contributed by atoms with van der Waals surface area (Å²) in [5.41, 5.74) is 0. The molecule has 112 valence electrons. The fourth-order valence-corrected chi connectivity index (χ4v) is 1.80. The van der Waals surface area contributed by atoms with Crippen LogP contribution in [-0.4, -0.2) is 29.2 Å². The Labute approximate surface area is 124 Å². The molecule has 1 N–H and O–H groups in total. The Hall–Kier alpha value is -2.43. The van der Waals surface area contributed by atoms with Crippen LogP contribution in [0.25, 0.3) is 0 Å². The van der Waals surface area contributed by atoms with Crippen LogP contribution in [0, 0.1) is 0 Å². The summed E-state index contributed by atoms with van der Waals surface area (Å²) in [5, 5.41) is 2.65. The Kier molecular flexibility index (Phi) is 7.50. The zero-order valence-corrected chi connectivity index (χ0v) is 12.0. The molecular weight excluding hydrogens is 268 g/mol. The third-order valence-corrected chi connectivity index (χ3v) is 2.88. The van der Waals surface area contributed by atoms with E-state index in [-0.39, 0.29) is 17.7 Å². The summed E-state index contributed by atoms with van der Waals surface area (Å²) in [5.74, 6) is -0.556. The summed E-state index contributed by atoms with van der Waals surface area (Å²) >= 11 is 0. The fourth-order valence-electron chi connectivity index (χ4n) is 1.80. The van der Waals surface area contributed by atoms with Gasteiger partial charge < -0.3 is 5.32 Å². The van der Waals surface area contributed by atoms with Crippen LogP contribution >= 0.6 is 0 Å². The van der Waals surface area contributed by atoms with E-state index >= 15 is 0 Å². The first-order valence-corrected chi connectivity index (χ1v) is 6.92. The largest absolute Gasteiger partial charge is 0.333 e. The average Bonchev–Trinajstić information content (AvgIpc) is 2.78. The lowest BCUT2D eigenvalue weighted by Gasteiger charge is -2.12. The molecule has 0 radical (unpaired) electrons. The van der Waals surface area contributed by atoms with E-state index in [2.05, 4.69) is 11.9 Å². The Morgan fingerprint density at radius 2 is 1.81 bits per heavy atom. The number of allylic oxidation sites excluding steroid dienone is 4. The van der Waals surface area contributed by atoms with Crippen LogP contribution in [0.2, 0.25) is 0 Å². The van der Waals surface area contributed by atoms with Gasteiger partial charge >= 0.3 is 0 Å². The summed E-state index contributed by atoms with van der Waals surface area (Å²) in [4.78, 5) is 35.3. The van der Waals surface area contributed by atoms with Crippen molar-refractivity contribution in [3.63, 3.8) is 0 Å². The third-order valence-electron chi connectivity index (χ3n) is 2.88. The molecule has 5 heteroatoms. The SMILES string of the molecule is C=C/C=C\C=C\NC(=O)CCCCCN1C(=O)C=CC1=O. The van der Waals surface area contributed by atoms with Gasteiger partial charge in [-0.1, -0.05) is 31.2 Å². The number of nitrogens with zero attached hydrogens (tertiary/aromatic N) is 1. The number of unbranched alkanes of at least 4 members (excludes halogenated alkanes) is 2. The molecule has 0 aliphatic carbocycles. The van der Waals surface area contributed by atoms with Gasteiger partial charge in [-0.2, -0.15) is 0 Å². The zero-order chi connectivity index (χ0) is 15.5. The molecule has 21 heavy (non-hydrogen) atoms. The van der Waals surface area contributed by atoms with Crippen LogP contribution < -0.4 is 5.32 Å². The van der Waals surface area contributed by atoms with Crippen LogP contribution in [0.1, 0.15) is 25.7 Å². The number of amides is 3. The maximum Gasteiger partial charge on any atom is 0.253 e. The highest BCUT2D eigenvalue weighted by atomic mass is 16.2. The number of hydrogen-bond donors (Lipinski definition) is 1. The van der Waals surface area contributed by atoms with E-state index in [4.69, 9.17) is 0 Å². The highest BCUT2D eigenvalue weighted by Gasteiger charge is 2.22. The van der Waals surface area contributed by atoms with E-state index < -0.39 is 0 Å². The maximum absolute atomic E-state index is 11.5. The van der Waals surface area contributed by atoms with E-state index in [1.807, 2.05) is 0 Å². The normalized spacial score (nSPS) is 14.6. The van der Waals surface area contributed by atoms with Gasteiger partial charge in [0.05, 0.1) is 0 Å². The van der Waals surface area contributed by atoms with Crippen LogP contribution in [-0.2, 0) is 14.4 Å².